The maximum Gasteiger partial charge on any atom is 0.169 e. The highest BCUT2D eigenvalue weighted by atomic mass is 32.1. The number of benzene rings is 1. The first-order valence-corrected chi connectivity index (χ1v) is 11.9. The number of morpholine rings is 1. The average Bonchev–Trinajstić information content (AvgIpc) is 2.65. The monoisotopic (exact) mass is 450 g/mol. The predicted octanol–water partition coefficient (Wildman–Crippen LogP) is 3.53. The number of ether oxygens (including phenoxy) is 1. The van der Waals surface area contributed by atoms with E-state index in [1.54, 1.807) is 12.1 Å². The van der Waals surface area contributed by atoms with Crippen LogP contribution in [-0.2, 0) is 11.3 Å². The predicted molar refractivity (Wildman–Crippen MR) is 129 cm³/mol. The van der Waals surface area contributed by atoms with E-state index in [1.807, 2.05) is 6.07 Å². The van der Waals surface area contributed by atoms with Gasteiger partial charge < -0.3 is 20.3 Å². The molecule has 174 valence electrons. The molecule has 2 heterocycles. The number of nitrogens with one attached hydrogen (secondary N) is 2. The summed E-state index contributed by atoms with van der Waals surface area (Å²) in [5.41, 5.74) is 1.05. The Morgan fingerprint density at radius 3 is 2.55 bits per heavy atom. The van der Waals surface area contributed by atoms with Crippen LogP contribution in [0.1, 0.15) is 52.5 Å². The molecule has 5 nitrogen and oxygen atoms in total. The molecule has 1 aromatic rings. The Morgan fingerprint density at radius 1 is 1.23 bits per heavy atom. The molecule has 2 aliphatic rings. The smallest absolute Gasteiger partial charge is 0.169 e. The van der Waals surface area contributed by atoms with Crippen molar-refractivity contribution in [3.8, 4) is 0 Å². The third-order valence-corrected chi connectivity index (χ3v) is 6.45. The number of halogens is 1. The molecule has 7 heteroatoms. The van der Waals surface area contributed by atoms with Crippen molar-refractivity contribution in [2.45, 2.75) is 70.6 Å². The third kappa shape index (κ3) is 7.97. The van der Waals surface area contributed by atoms with E-state index in [-0.39, 0.29) is 16.9 Å². The van der Waals surface area contributed by atoms with E-state index < -0.39 is 0 Å². The van der Waals surface area contributed by atoms with Crippen LogP contribution in [0.15, 0.2) is 24.3 Å². The summed E-state index contributed by atoms with van der Waals surface area (Å²) in [5.74, 6) is -0.202. The first-order chi connectivity index (χ1) is 14.6. The van der Waals surface area contributed by atoms with Crippen LogP contribution in [0.4, 0.5) is 4.39 Å². The van der Waals surface area contributed by atoms with Crippen molar-refractivity contribution in [1.29, 1.82) is 0 Å². The highest BCUT2D eigenvalue weighted by molar-refractivity contribution is 7.80. The van der Waals surface area contributed by atoms with Gasteiger partial charge in [-0.15, -0.1) is 0 Å². The molecule has 0 aromatic heterocycles. The first kappa shape index (κ1) is 24.4. The van der Waals surface area contributed by atoms with Crippen molar-refractivity contribution in [2.75, 3.05) is 39.4 Å². The van der Waals surface area contributed by atoms with Gasteiger partial charge in [-0.05, 0) is 76.9 Å². The standard InChI is InChI=1S/C24H39FN4OS/c1-23(2)16-21(17-24(3,4)27-23)26-22(31)29(18-19-7-5-8-20(25)15-19)10-6-9-28-11-13-30-14-12-28/h5,7-8,15,21,27H,6,9-14,16-18H2,1-4H3,(H,26,31). The van der Waals surface area contributed by atoms with Crippen molar-refractivity contribution >= 4 is 17.3 Å². The molecule has 0 unspecified atom stereocenters. The van der Waals surface area contributed by atoms with Gasteiger partial charge in [-0.1, -0.05) is 12.1 Å². The molecule has 0 aliphatic carbocycles. The van der Waals surface area contributed by atoms with Crippen molar-refractivity contribution < 1.29 is 9.13 Å². The van der Waals surface area contributed by atoms with Crippen LogP contribution in [0.5, 0.6) is 0 Å². The maximum atomic E-state index is 13.8. The SMILES string of the molecule is CC1(C)CC(NC(=S)N(CCCN2CCOCC2)Cc2cccc(F)c2)CC(C)(C)N1. The minimum absolute atomic E-state index is 0.0543. The molecule has 2 fully saturated rings. The van der Waals surface area contributed by atoms with Crippen LogP contribution in [0, 0.1) is 5.82 Å². The molecule has 0 spiro atoms. The largest absolute Gasteiger partial charge is 0.379 e. The normalized spacial score (nSPS) is 21.6. The molecule has 0 saturated carbocycles. The summed E-state index contributed by atoms with van der Waals surface area (Å²) in [7, 11) is 0. The topological polar surface area (TPSA) is 39.8 Å². The van der Waals surface area contributed by atoms with Crippen molar-refractivity contribution in [3.63, 3.8) is 0 Å². The molecule has 0 bridgehead atoms. The summed E-state index contributed by atoms with van der Waals surface area (Å²) in [6, 6.07) is 7.14. The Balaban J connectivity index is 1.63. The molecule has 3 rings (SSSR count). The van der Waals surface area contributed by atoms with Crippen LogP contribution in [0.3, 0.4) is 0 Å². The summed E-state index contributed by atoms with van der Waals surface area (Å²) in [4.78, 5) is 4.64. The molecule has 2 N–H and O–H groups in total. The Morgan fingerprint density at radius 2 is 1.90 bits per heavy atom. The molecule has 31 heavy (non-hydrogen) atoms. The van der Waals surface area contributed by atoms with Crippen molar-refractivity contribution in [1.82, 2.24) is 20.4 Å². The minimum atomic E-state index is -0.202. The van der Waals surface area contributed by atoms with E-state index in [4.69, 9.17) is 17.0 Å². The number of nitrogens with zero attached hydrogens (tertiary/aromatic N) is 2. The van der Waals surface area contributed by atoms with E-state index in [9.17, 15) is 4.39 Å². The van der Waals surface area contributed by atoms with E-state index >= 15 is 0 Å². The second kappa shape index (κ2) is 10.6. The lowest BCUT2D eigenvalue weighted by molar-refractivity contribution is 0.0367. The molecule has 1 aromatic carbocycles. The van der Waals surface area contributed by atoms with Crippen LogP contribution < -0.4 is 10.6 Å². The van der Waals surface area contributed by atoms with Gasteiger partial charge in [0, 0.05) is 49.8 Å². The average molecular weight is 451 g/mol. The second-order valence-corrected chi connectivity index (χ2v) is 10.7. The second-order valence-electron chi connectivity index (χ2n) is 10.3. The molecule has 0 atom stereocenters. The van der Waals surface area contributed by atoms with Gasteiger partial charge in [-0.3, -0.25) is 4.90 Å². The fourth-order valence-corrected chi connectivity index (χ4v) is 5.43. The summed E-state index contributed by atoms with van der Waals surface area (Å²) in [5, 5.41) is 8.14. The molecular formula is C24H39FN4OS. The number of hydrogen-bond donors (Lipinski definition) is 2. The van der Waals surface area contributed by atoms with E-state index in [2.05, 4.69) is 48.1 Å². The Bertz CT molecular complexity index is 720. The summed E-state index contributed by atoms with van der Waals surface area (Å²) in [6.45, 7) is 15.1. The summed E-state index contributed by atoms with van der Waals surface area (Å²) < 4.78 is 19.2. The van der Waals surface area contributed by atoms with Crippen molar-refractivity contribution in [3.05, 3.63) is 35.6 Å². The van der Waals surface area contributed by atoms with Gasteiger partial charge in [-0.2, -0.15) is 0 Å². The van der Waals surface area contributed by atoms with Crippen molar-refractivity contribution in [2.24, 2.45) is 0 Å². The molecule has 2 saturated heterocycles. The van der Waals surface area contributed by atoms with E-state index in [0.29, 0.717) is 12.6 Å². The molecular weight excluding hydrogens is 411 g/mol. The quantitative estimate of drug-likeness (QED) is 0.620. The Hall–Kier alpha value is -1.28. The van der Waals surface area contributed by atoms with Crippen LogP contribution >= 0.6 is 12.2 Å². The Labute approximate surface area is 192 Å². The Kier molecular flexibility index (Phi) is 8.30. The zero-order chi connectivity index (χ0) is 22.5. The van der Waals surface area contributed by atoms with Gasteiger partial charge >= 0.3 is 0 Å². The van der Waals surface area contributed by atoms with E-state index in [1.165, 1.54) is 6.07 Å². The van der Waals surface area contributed by atoms with Crippen LogP contribution in [0.25, 0.3) is 0 Å². The molecule has 0 radical (unpaired) electrons. The fraction of sp³-hybridized carbons (Fsp3) is 0.708. The van der Waals surface area contributed by atoms with Crippen LogP contribution in [0.2, 0.25) is 0 Å². The number of rotatable bonds is 7. The zero-order valence-corrected chi connectivity index (χ0v) is 20.4. The number of piperidine rings is 1. The van der Waals surface area contributed by atoms with E-state index in [0.717, 1.165) is 69.3 Å². The lowest BCUT2D eigenvalue weighted by Crippen LogP contribution is -2.62. The van der Waals surface area contributed by atoms with Gasteiger partial charge in [0.05, 0.1) is 13.2 Å². The maximum absolute atomic E-state index is 13.8. The van der Waals surface area contributed by atoms with Gasteiger partial charge in [0.2, 0.25) is 0 Å². The number of thiocarbonyl (C=S) groups is 1. The van der Waals surface area contributed by atoms with Gasteiger partial charge in [0.1, 0.15) is 5.82 Å². The zero-order valence-electron chi connectivity index (χ0n) is 19.5. The van der Waals surface area contributed by atoms with Gasteiger partial charge in [0.15, 0.2) is 5.11 Å². The van der Waals surface area contributed by atoms with Gasteiger partial charge in [-0.25, -0.2) is 4.39 Å². The fourth-order valence-electron chi connectivity index (χ4n) is 5.11. The lowest BCUT2D eigenvalue weighted by atomic mass is 9.80. The molecule has 0 amide bonds. The highest BCUT2D eigenvalue weighted by Crippen LogP contribution is 2.28. The molecule has 2 aliphatic heterocycles. The minimum Gasteiger partial charge on any atom is -0.379 e. The lowest BCUT2D eigenvalue weighted by Gasteiger charge is -2.47. The number of hydrogen-bond acceptors (Lipinski definition) is 4. The first-order valence-electron chi connectivity index (χ1n) is 11.5. The summed E-state index contributed by atoms with van der Waals surface area (Å²) >= 11 is 5.88. The summed E-state index contributed by atoms with van der Waals surface area (Å²) in [6.07, 6.45) is 3.04. The van der Waals surface area contributed by atoms with Crippen LogP contribution in [-0.4, -0.2) is 71.4 Å². The highest BCUT2D eigenvalue weighted by Gasteiger charge is 2.38. The van der Waals surface area contributed by atoms with Gasteiger partial charge in [0.25, 0.3) is 0 Å². The third-order valence-electron chi connectivity index (χ3n) is 6.07.